The standard InChI is InChI=1S/C19H17N9O3/c1-2-30-14-5-3-13(4-6-14)16-15(23-27-28(16)18-17(20)25-31-26-18)19(29)24-22-11-12-7-9-21-10-8-12/h3-11H,2H2,1H3,(H2,20,25)(H,24,29)/b22-11-. The molecule has 0 saturated carbocycles. The number of carbonyl (C=O) groups is 1. The molecule has 0 atom stereocenters. The summed E-state index contributed by atoms with van der Waals surface area (Å²) in [5.41, 5.74) is 9.99. The average Bonchev–Trinajstić information content (AvgIpc) is 3.41. The predicted octanol–water partition coefficient (Wildman–Crippen LogP) is 1.46. The highest BCUT2D eigenvalue weighted by Gasteiger charge is 2.25. The van der Waals surface area contributed by atoms with E-state index in [1.54, 1.807) is 48.8 Å². The first-order chi connectivity index (χ1) is 15.2. The van der Waals surface area contributed by atoms with Gasteiger partial charge in [0.25, 0.3) is 5.91 Å². The second-order valence-corrected chi connectivity index (χ2v) is 6.11. The van der Waals surface area contributed by atoms with Crippen molar-refractivity contribution >= 4 is 17.9 Å². The second kappa shape index (κ2) is 8.82. The molecule has 3 N–H and O–H groups in total. The van der Waals surface area contributed by atoms with Crippen molar-refractivity contribution in [3.63, 3.8) is 0 Å². The van der Waals surface area contributed by atoms with Gasteiger partial charge in [0, 0.05) is 18.0 Å². The van der Waals surface area contributed by atoms with E-state index in [1.807, 2.05) is 6.92 Å². The number of ether oxygens (including phenoxy) is 1. The van der Waals surface area contributed by atoms with Crippen LogP contribution in [0.5, 0.6) is 5.75 Å². The molecule has 4 rings (SSSR count). The third-order valence-electron chi connectivity index (χ3n) is 4.11. The van der Waals surface area contributed by atoms with Gasteiger partial charge in [-0.3, -0.25) is 9.78 Å². The molecule has 0 saturated heterocycles. The number of pyridine rings is 1. The van der Waals surface area contributed by atoms with Gasteiger partial charge in [0.05, 0.1) is 12.8 Å². The van der Waals surface area contributed by atoms with E-state index in [2.05, 4.69) is 40.8 Å². The summed E-state index contributed by atoms with van der Waals surface area (Å²) in [5, 5.41) is 19.3. The van der Waals surface area contributed by atoms with Crippen LogP contribution in [0.3, 0.4) is 0 Å². The fourth-order valence-electron chi connectivity index (χ4n) is 2.72. The van der Waals surface area contributed by atoms with Gasteiger partial charge in [-0.25, -0.2) is 10.1 Å². The van der Waals surface area contributed by atoms with Gasteiger partial charge in [-0.05, 0) is 59.2 Å². The summed E-state index contributed by atoms with van der Waals surface area (Å²) in [6.07, 6.45) is 4.73. The highest BCUT2D eigenvalue weighted by Crippen LogP contribution is 2.28. The van der Waals surface area contributed by atoms with Crippen LogP contribution in [0.25, 0.3) is 17.1 Å². The molecule has 0 aliphatic heterocycles. The number of nitrogens with zero attached hydrogens (tertiary/aromatic N) is 7. The molecule has 0 fully saturated rings. The molecule has 0 aliphatic rings. The molecule has 1 aromatic carbocycles. The number of rotatable bonds is 7. The topological polar surface area (TPSA) is 159 Å². The summed E-state index contributed by atoms with van der Waals surface area (Å²) >= 11 is 0. The molecule has 0 aliphatic carbocycles. The molecule has 4 aromatic rings. The van der Waals surface area contributed by atoms with E-state index in [4.69, 9.17) is 10.5 Å². The number of carbonyl (C=O) groups excluding carboxylic acids is 1. The van der Waals surface area contributed by atoms with Gasteiger partial charge in [0.1, 0.15) is 11.4 Å². The lowest BCUT2D eigenvalue weighted by Gasteiger charge is -2.07. The molecule has 12 heteroatoms. The molecule has 0 unspecified atom stereocenters. The molecule has 31 heavy (non-hydrogen) atoms. The molecule has 12 nitrogen and oxygen atoms in total. The molecule has 0 bridgehead atoms. The fourth-order valence-corrected chi connectivity index (χ4v) is 2.72. The van der Waals surface area contributed by atoms with Crippen molar-refractivity contribution in [2.45, 2.75) is 6.92 Å². The fraction of sp³-hybridized carbons (Fsp3) is 0.105. The van der Waals surface area contributed by atoms with E-state index in [0.717, 1.165) is 5.56 Å². The second-order valence-electron chi connectivity index (χ2n) is 6.11. The van der Waals surface area contributed by atoms with Crippen LogP contribution in [-0.4, -0.2) is 49.0 Å². The molecule has 3 aromatic heterocycles. The van der Waals surface area contributed by atoms with E-state index in [0.29, 0.717) is 23.6 Å². The molecule has 1 amide bonds. The lowest BCUT2D eigenvalue weighted by molar-refractivity contribution is 0.0950. The van der Waals surface area contributed by atoms with E-state index in [9.17, 15) is 4.79 Å². The van der Waals surface area contributed by atoms with Gasteiger partial charge >= 0.3 is 0 Å². The van der Waals surface area contributed by atoms with Crippen LogP contribution >= 0.6 is 0 Å². The number of amides is 1. The first kappa shape index (κ1) is 19.7. The predicted molar refractivity (Wildman–Crippen MR) is 110 cm³/mol. The maximum atomic E-state index is 12.8. The summed E-state index contributed by atoms with van der Waals surface area (Å²) in [6, 6.07) is 10.6. The number of nitrogens with one attached hydrogen (secondary N) is 1. The Morgan fingerprint density at radius 2 is 2.00 bits per heavy atom. The Labute approximate surface area is 175 Å². The van der Waals surface area contributed by atoms with Gasteiger partial charge in [-0.2, -0.15) is 9.78 Å². The minimum Gasteiger partial charge on any atom is -0.494 e. The van der Waals surface area contributed by atoms with Crippen LogP contribution in [-0.2, 0) is 0 Å². The van der Waals surface area contributed by atoms with E-state index >= 15 is 0 Å². The number of hydrogen-bond donors (Lipinski definition) is 2. The lowest BCUT2D eigenvalue weighted by Crippen LogP contribution is -2.19. The van der Waals surface area contributed by atoms with Gasteiger partial charge < -0.3 is 10.5 Å². The Kier molecular flexibility index (Phi) is 5.60. The highest BCUT2D eigenvalue weighted by atomic mass is 16.6. The van der Waals surface area contributed by atoms with Crippen LogP contribution in [0.2, 0.25) is 0 Å². The molecule has 3 heterocycles. The van der Waals surface area contributed by atoms with Crippen LogP contribution in [0, 0.1) is 0 Å². The van der Waals surface area contributed by atoms with Crippen molar-refractivity contribution in [3.8, 4) is 22.8 Å². The van der Waals surface area contributed by atoms with Crippen LogP contribution in [0.1, 0.15) is 23.0 Å². The molecule has 0 radical (unpaired) electrons. The molecule has 156 valence electrons. The number of aromatic nitrogens is 6. The Balaban J connectivity index is 1.69. The van der Waals surface area contributed by atoms with E-state index in [1.165, 1.54) is 10.9 Å². The molecular weight excluding hydrogens is 402 g/mol. The van der Waals surface area contributed by atoms with Gasteiger partial charge in [-0.15, -0.1) is 5.10 Å². The Hall–Kier alpha value is -4.61. The van der Waals surface area contributed by atoms with Gasteiger partial charge in [0.15, 0.2) is 5.69 Å². The summed E-state index contributed by atoms with van der Waals surface area (Å²) in [6.45, 7) is 2.42. The average molecular weight is 419 g/mol. The first-order valence-electron chi connectivity index (χ1n) is 9.18. The maximum absolute atomic E-state index is 12.8. The zero-order valence-electron chi connectivity index (χ0n) is 16.3. The maximum Gasteiger partial charge on any atom is 0.294 e. The van der Waals surface area contributed by atoms with Crippen molar-refractivity contribution in [3.05, 3.63) is 60.0 Å². The first-order valence-corrected chi connectivity index (χ1v) is 9.18. The summed E-state index contributed by atoms with van der Waals surface area (Å²) in [5.74, 6) is 0.215. The smallest absolute Gasteiger partial charge is 0.294 e. The van der Waals surface area contributed by atoms with Crippen molar-refractivity contribution in [2.75, 3.05) is 12.3 Å². The quantitative estimate of drug-likeness (QED) is 0.334. The summed E-state index contributed by atoms with van der Waals surface area (Å²) < 4.78 is 11.4. The summed E-state index contributed by atoms with van der Waals surface area (Å²) in [7, 11) is 0. The zero-order chi connectivity index (χ0) is 21.6. The largest absolute Gasteiger partial charge is 0.494 e. The minimum atomic E-state index is -0.574. The van der Waals surface area contributed by atoms with Crippen molar-refractivity contribution < 1.29 is 14.2 Å². The Morgan fingerprint density at radius 3 is 2.68 bits per heavy atom. The SMILES string of the molecule is CCOc1ccc(-c2c(C(=O)N/N=C\c3ccncc3)nnn2-c2nonc2N)cc1. The lowest BCUT2D eigenvalue weighted by atomic mass is 10.1. The van der Waals surface area contributed by atoms with Crippen molar-refractivity contribution in [1.29, 1.82) is 0 Å². The van der Waals surface area contributed by atoms with Crippen molar-refractivity contribution in [2.24, 2.45) is 5.10 Å². The molecular formula is C19H17N9O3. The normalized spacial score (nSPS) is 11.0. The summed E-state index contributed by atoms with van der Waals surface area (Å²) in [4.78, 5) is 16.7. The molecule has 0 spiro atoms. The number of nitrogens with two attached hydrogens (primary N) is 1. The monoisotopic (exact) mass is 419 g/mol. The minimum absolute atomic E-state index is 0.000229. The third kappa shape index (κ3) is 4.22. The zero-order valence-corrected chi connectivity index (χ0v) is 16.3. The number of hydrogen-bond acceptors (Lipinski definition) is 10. The van der Waals surface area contributed by atoms with Crippen LogP contribution in [0.4, 0.5) is 5.82 Å². The number of benzene rings is 1. The van der Waals surface area contributed by atoms with E-state index in [-0.39, 0.29) is 17.3 Å². The van der Waals surface area contributed by atoms with Gasteiger partial charge in [0.2, 0.25) is 11.6 Å². The van der Waals surface area contributed by atoms with Crippen LogP contribution < -0.4 is 15.9 Å². The Bertz CT molecular complexity index is 1200. The number of hydrazone groups is 1. The van der Waals surface area contributed by atoms with Crippen LogP contribution in [0.15, 0.2) is 58.5 Å². The van der Waals surface area contributed by atoms with Gasteiger partial charge in [-0.1, -0.05) is 5.21 Å². The van der Waals surface area contributed by atoms with E-state index < -0.39 is 5.91 Å². The number of nitrogen functional groups attached to an aromatic ring is 1. The van der Waals surface area contributed by atoms with Crippen molar-refractivity contribution in [1.82, 2.24) is 35.7 Å². The third-order valence-corrected chi connectivity index (χ3v) is 4.11. The number of anilines is 1. The highest BCUT2D eigenvalue weighted by molar-refractivity contribution is 5.98. The Morgan fingerprint density at radius 1 is 1.23 bits per heavy atom.